The van der Waals surface area contributed by atoms with Gasteiger partial charge in [-0.1, -0.05) is 12.1 Å². The Balaban J connectivity index is 1.81. The summed E-state index contributed by atoms with van der Waals surface area (Å²) in [6.45, 7) is 0.995. The third-order valence-electron chi connectivity index (χ3n) is 3.56. The molecule has 0 radical (unpaired) electrons. The van der Waals surface area contributed by atoms with Crippen LogP contribution in [-0.4, -0.2) is 58.3 Å². The molecule has 1 saturated heterocycles. The molecule has 0 aliphatic carbocycles. The summed E-state index contributed by atoms with van der Waals surface area (Å²) in [7, 11) is -1.67. The molecule has 8 heteroatoms. The van der Waals surface area contributed by atoms with E-state index in [-0.39, 0.29) is 12.6 Å². The fourth-order valence-electron chi connectivity index (χ4n) is 2.27. The second-order valence-electron chi connectivity index (χ2n) is 5.32. The summed E-state index contributed by atoms with van der Waals surface area (Å²) in [5.74, 6) is 0.792. The molecule has 0 saturated carbocycles. The van der Waals surface area contributed by atoms with Crippen molar-refractivity contribution in [2.45, 2.75) is 24.8 Å². The normalized spacial score (nSPS) is 25.3. The van der Waals surface area contributed by atoms with Gasteiger partial charge >= 0.3 is 0 Å². The molecule has 7 nitrogen and oxygen atoms in total. The Labute approximate surface area is 130 Å². The van der Waals surface area contributed by atoms with Gasteiger partial charge in [0.1, 0.15) is 5.75 Å². The van der Waals surface area contributed by atoms with Crippen molar-refractivity contribution in [1.82, 2.24) is 10.0 Å². The molecule has 1 heterocycles. The molecule has 0 spiro atoms. The Hall–Kier alpha value is -1.19. The predicted octanol–water partition coefficient (Wildman–Crippen LogP) is -0.538. The van der Waals surface area contributed by atoms with E-state index in [2.05, 4.69) is 10.0 Å². The van der Waals surface area contributed by atoms with Gasteiger partial charge in [-0.3, -0.25) is 0 Å². The molecule has 1 aromatic rings. The summed E-state index contributed by atoms with van der Waals surface area (Å²) < 4.78 is 35.0. The van der Waals surface area contributed by atoms with E-state index in [0.29, 0.717) is 13.2 Å². The van der Waals surface area contributed by atoms with Crippen molar-refractivity contribution >= 4 is 10.0 Å². The Morgan fingerprint density at radius 3 is 2.64 bits per heavy atom. The zero-order valence-electron chi connectivity index (χ0n) is 12.7. The lowest BCUT2D eigenvalue weighted by molar-refractivity contribution is 0.0444. The number of aliphatic hydroxyl groups is 1. The van der Waals surface area contributed by atoms with Crippen LogP contribution in [0.4, 0.5) is 0 Å². The molecule has 3 N–H and O–H groups in total. The number of sulfonamides is 1. The maximum absolute atomic E-state index is 11.1. The topological polar surface area (TPSA) is 96.9 Å². The van der Waals surface area contributed by atoms with E-state index in [1.807, 2.05) is 24.3 Å². The summed E-state index contributed by atoms with van der Waals surface area (Å²) in [5, 5.41) is 13.4. The van der Waals surface area contributed by atoms with Crippen molar-refractivity contribution in [2.75, 3.05) is 26.5 Å². The number of benzene rings is 1. The van der Waals surface area contributed by atoms with Gasteiger partial charge in [0.15, 0.2) is 0 Å². The Morgan fingerprint density at radius 1 is 1.36 bits per heavy atom. The van der Waals surface area contributed by atoms with E-state index in [9.17, 15) is 13.5 Å². The van der Waals surface area contributed by atoms with Crippen molar-refractivity contribution in [3.63, 3.8) is 0 Å². The highest BCUT2D eigenvalue weighted by molar-refractivity contribution is 7.88. The van der Waals surface area contributed by atoms with Gasteiger partial charge in [-0.05, 0) is 17.7 Å². The number of aliphatic hydroxyl groups excluding tert-OH is 1. The molecule has 1 aromatic carbocycles. The molecule has 3 atom stereocenters. The maximum Gasteiger partial charge on any atom is 0.208 e. The average molecular weight is 330 g/mol. The molecule has 1 fully saturated rings. The summed E-state index contributed by atoms with van der Waals surface area (Å²) in [5.41, 5.74) is 1.06. The highest BCUT2D eigenvalue weighted by atomic mass is 32.2. The van der Waals surface area contributed by atoms with Crippen molar-refractivity contribution in [2.24, 2.45) is 0 Å². The molecule has 0 unspecified atom stereocenters. The first kappa shape index (κ1) is 17.2. The van der Waals surface area contributed by atoms with Crippen LogP contribution in [0.2, 0.25) is 0 Å². The molecule has 1 aliphatic heterocycles. The third kappa shape index (κ3) is 4.92. The zero-order valence-corrected chi connectivity index (χ0v) is 13.5. The monoisotopic (exact) mass is 330 g/mol. The average Bonchev–Trinajstić information content (AvgIpc) is 2.83. The standard InChI is InChI=1S/C14H22N2O5S/c1-20-11-5-3-10(4-6-11)7-15-12-9-21-13(14(12)17)8-16-22(2,18)19/h3-6,12-17H,7-9H2,1-2H3/t12-,13-,14+/m1/s1. The zero-order chi connectivity index (χ0) is 16.2. The smallest absolute Gasteiger partial charge is 0.208 e. The molecule has 124 valence electrons. The van der Waals surface area contributed by atoms with Crippen LogP contribution in [0, 0.1) is 0 Å². The SMILES string of the molecule is COc1ccc(CN[C@@H]2CO[C@H](CNS(C)(=O)=O)[C@H]2O)cc1. The van der Waals surface area contributed by atoms with Crippen LogP contribution in [0.15, 0.2) is 24.3 Å². The van der Waals surface area contributed by atoms with E-state index in [1.54, 1.807) is 7.11 Å². The van der Waals surface area contributed by atoms with E-state index >= 15 is 0 Å². The maximum atomic E-state index is 11.1. The van der Waals surface area contributed by atoms with Gasteiger partial charge in [-0.25, -0.2) is 13.1 Å². The molecule has 0 aromatic heterocycles. The van der Waals surface area contributed by atoms with Gasteiger partial charge in [0.2, 0.25) is 10.0 Å². The van der Waals surface area contributed by atoms with Crippen molar-refractivity contribution < 1.29 is 23.0 Å². The number of hydrogen-bond acceptors (Lipinski definition) is 6. The van der Waals surface area contributed by atoms with Gasteiger partial charge in [0.25, 0.3) is 0 Å². The first-order chi connectivity index (χ1) is 10.4. The van der Waals surface area contributed by atoms with E-state index in [1.165, 1.54) is 0 Å². The number of rotatable bonds is 7. The quantitative estimate of drug-likeness (QED) is 0.621. The van der Waals surface area contributed by atoms with E-state index in [4.69, 9.17) is 9.47 Å². The van der Waals surface area contributed by atoms with Crippen LogP contribution in [0.1, 0.15) is 5.56 Å². The van der Waals surface area contributed by atoms with Gasteiger partial charge < -0.3 is 19.9 Å². The predicted molar refractivity (Wildman–Crippen MR) is 82.2 cm³/mol. The lowest BCUT2D eigenvalue weighted by atomic mass is 10.1. The van der Waals surface area contributed by atoms with Crippen LogP contribution in [0.25, 0.3) is 0 Å². The van der Waals surface area contributed by atoms with Crippen LogP contribution >= 0.6 is 0 Å². The molecule has 0 bridgehead atoms. The van der Waals surface area contributed by atoms with Gasteiger partial charge in [0, 0.05) is 13.1 Å². The van der Waals surface area contributed by atoms with Crippen LogP contribution < -0.4 is 14.8 Å². The number of methoxy groups -OCH3 is 1. The van der Waals surface area contributed by atoms with Crippen molar-refractivity contribution in [3.8, 4) is 5.75 Å². The molecular weight excluding hydrogens is 308 g/mol. The minimum atomic E-state index is -3.29. The first-order valence-electron chi connectivity index (χ1n) is 6.99. The number of hydrogen-bond donors (Lipinski definition) is 3. The number of ether oxygens (including phenoxy) is 2. The first-order valence-corrected chi connectivity index (χ1v) is 8.89. The lowest BCUT2D eigenvalue weighted by Crippen LogP contribution is -2.44. The molecule has 22 heavy (non-hydrogen) atoms. The number of nitrogens with one attached hydrogen (secondary N) is 2. The van der Waals surface area contributed by atoms with Gasteiger partial charge in [0.05, 0.1) is 38.2 Å². The van der Waals surface area contributed by atoms with E-state index < -0.39 is 22.2 Å². The largest absolute Gasteiger partial charge is 0.497 e. The summed E-state index contributed by atoms with van der Waals surface area (Å²) in [6.07, 6.45) is -0.219. The fraction of sp³-hybridized carbons (Fsp3) is 0.571. The minimum absolute atomic E-state index is 0.0702. The lowest BCUT2D eigenvalue weighted by Gasteiger charge is -2.18. The summed E-state index contributed by atoms with van der Waals surface area (Å²) in [6, 6.07) is 7.40. The van der Waals surface area contributed by atoms with Crippen molar-refractivity contribution in [1.29, 1.82) is 0 Å². The molecule has 2 rings (SSSR count). The second-order valence-corrected chi connectivity index (χ2v) is 7.15. The van der Waals surface area contributed by atoms with Crippen molar-refractivity contribution in [3.05, 3.63) is 29.8 Å². The van der Waals surface area contributed by atoms with Crippen LogP contribution in [0.5, 0.6) is 5.75 Å². The minimum Gasteiger partial charge on any atom is -0.497 e. The molecule has 1 aliphatic rings. The molecule has 0 amide bonds. The Morgan fingerprint density at radius 2 is 2.05 bits per heavy atom. The Kier molecular flexibility index (Phi) is 5.76. The summed E-state index contributed by atoms with van der Waals surface area (Å²) >= 11 is 0. The van der Waals surface area contributed by atoms with Crippen LogP contribution in [0.3, 0.4) is 0 Å². The van der Waals surface area contributed by atoms with Gasteiger partial charge in [-0.2, -0.15) is 0 Å². The highest BCUT2D eigenvalue weighted by Crippen LogP contribution is 2.16. The third-order valence-corrected chi connectivity index (χ3v) is 4.25. The second kappa shape index (κ2) is 7.38. The highest BCUT2D eigenvalue weighted by Gasteiger charge is 2.35. The van der Waals surface area contributed by atoms with Gasteiger partial charge in [-0.15, -0.1) is 0 Å². The molecular formula is C14H22N2O5S. The fourth-order valence-corrected chi connectivity index (χ4v) is 2.74. The van der Waals surface area contributed by atoms with E-state index in [0.717, 1.165) is 17.6 Å². The van der Waals surface area contributed by atoms with Crippen LogP contribution in [-0.2, 0) is 21.3 Å². The summed E-state index contributed by atoms with van der Waals surface area (Å²) in [4.78, 5) is 0. The Bertz CT molecular complexity index is 575.